The van der Waals surface area contributed by atoms with Gasteiger partial charge >= 0.3 is 0 Å². The van der Waals surface area contributed by atoms with Crippen molar-refractivity contribution in [1.82, 2.24) is 15.5 Å². The molecular formula is C14H18BrN3O. The van der Waals surface area contributed by atoms with Crippen molar-refractivity contribution in [2.75, 3.05) is 6.54 Å². The third-order valence-corrected chi connectivity index (χ3v) is 3.87. The first-order valence-corrected chi connectivity index (χ1v) is 7.25. The SMILES string of the molecule is CCCNC(C)c1nnc(-c2cccc(Br)c2C)o1. The second-order valence-corrected chi connectivity index (χ2v) is 5.39. The lowest BCUT2D eigenvalue weighted by atomic mass is 10.1. The maximum atomic E-state index is 5.76. The van der Waals surface area contributed by atoms with Gasteiger partial charge in [0.1, 0.15) is 0 Å². The fraction of sp³-hybridized carbons (Fsp3) is 0.429. The van der Waals surface area contributed by atoms with Gasteiger partial charge in [0.05, 0.1) is 6.04 Å². The highest BCUT2D eigenvalue weighted by Crippen LogP contribution is 2.28. The van der Waals surface area contributed by atoms with Gasteiger partial charge in [-0.2, -0.15) is 0 Å². The number of nitrogens with one attached hydrogen (secondary N) is 1. The van der Waals surface area contributed by atoms with Crippen LogP contribution in [0.25, 0.3) is 11.5 Å². The summed E-state index contributed by atoms with van der Waals surface area (Å²) in [7, 11) is 0. The lowest BCUT2D eigenvalue weighted by Crippen LogP contribution is -2.19. The maximum Gasteiger partial charge on any atom is 0.248 e. The molecule has 1 aromatic carbocycles. The van der Waals surface area contributed by atoms with Gasteiger partial charge in [-0.3, -0.25) is 0 Å². The van der Waals surface area contributed by atoms with Gasteiger partial charge in [-0.05, 0) is 44.5 Å². The largest absolute Gasteiger partial charge is 0.419 e. The lowest BCUT2D eigenvalue weighted by molar-refractivity contribution is 0.423. The van der Waals surface area contributed by atoms with E-state index in [0.717, 1.165) is 28.6 Å². The highest BCUT2D eigenvalue weighted by atomic mass is 79.9. The molecule has 1 heterocycles. The minimum Gasteiger partial charge on any atom is -0.419 e. The summed E-state index contributed by atoms with van der Waals surface area (Å²) in [5.74, 6) is 1.20. The summed E-state index contributed by atoms with van der Waals surface area (Å²) in [6, 6.07) is 6.03. The molecule has 19 heavy (non-hydrogen) atoms. The molecule has 1 aromatic heterocycles. The molecule has 0 radical (unpaired) electrons. The summed E-state index contributed by atoms with van der Waals surface area (Å²) in [5, 5.41) is 11.6. The fourth-order valence-electron chi connectivity index (χ4n) is 1.81. The van der Waals surface area contributed by atoms with Gasteiger partial charge in [0.15, 0.2) is 0 Å². The number of aromatic nitrogens is 2. The van der Waals surface area contributed by atoms with E-state index in [9.17, 15) is 0 Å². The Morgan fingerprint density at radius 2 is 2.16 bits per heavy atom. The van der Waals surface area contributed by atoms with Crippen molar-refractivity contribution in [2.24, 2.45) is 0 Å². The molecule has 2 aromatic rings. The number of rotatable bonds is 5. The number of hydrogen-bond acceptors (Lipinski definition) is 4. The molecule has 102 valence electrons. The summed E-state index contributed by atoms with van der Waals surface area (Å²) in [6.07, 6.45) is 1.08. The molecule has 0 saturated carbocycles. The van der Waals surface area contributed by atoms with E-state index < -0.39 is 0 Å². The molecule has 0 aliphatic heterocycles. The molecule has 0 spiro atoms. The van der Waals surface area contributed by atoms with Crippen LogP contribution in [0.2, 0.25) is 0 Å². The summed E-state index contributed by atoms with van der Waals surface area (Å²) in [5.41, 5.74) is 2.07. The van der Waals surface area contributed by atoms with Gasteiger partial charge in [0.2, 0.25) is 11.8 Å². The lowest BCUT2D eigenvalue weighted by Gasteiger charge is -2.07. The molecule has 0 fully saturated rings. The molecule has 5 heteroatoms. The van der Waals surface area contributed by atoms with Crippen molar-refractivity contribution in [2.45, 2.75) is 33.2 Å². The zero-order chi connectivity index (χ0) is 13.8. The molecule has 2 rings (SSSR count). The molecule has 0 aliphatic carbocycles. The van der Waals surface area contributed by atoms with Crippen molar-refractivity contribution < 1.29 is 4.42 Å². The summed E-state index contributed by atoms with van der Waals surface area (Å²) >= 11 is 3.51. The monoisotopic (exact) mass is 323 g/mol. The zero-order valence-corrected chi connectivity index (χ0v) is 13.0. The van der Waals surface area contributed by atoms with Crippen molar-refractivity contribution in [3.05, 3.63) is 34.1 Å². The molecule has 0 saturated heterocycles. The Hall–Kier alpha value is -1.20. The van der Waals surface area contributed by atoms with Crippen LogP contribution in [0.3, 0.4) is 0 Å². The first kappa shape index (κ1) is 14.2. The number of nitrogens with zero attached hydrogens (tertiary/aromatic N) is 2. The van der Waals surface area contributed by atoms with Gasteiger partial charge < -0.3 is 9.73 Å². The van der Waals surface area contributed by atoms with Crippen LogP contribution in [0.1, 0.15) is 37.8 Å². The van der Waals surface area contributed by atoms with E-state index in [0.29, 0.717) is 11.8 Å². The zero-order valence-electron chi connectivity index (χ0n) is 11.4. The first-order chi connectivity index (χ1) is 9.13. The first-order valence-electron chi connectivity index (χ1n) is 6.45. The molecule has 0 amide bonds. The number of halogens is 1. The Balaban J connectivity index is 2.23. The van der Waals surface area contributed by atoms with Crippen molar-refractivity contribution in [1.29, 1.82) is 0 Å². The normalized spacial score (nSPS) is 12.6. The minimum absolute atomic E-state index is 0.0775. The average molecular weight is 324 g/mol. The van der Waals surface area contributed by atoms with Gasteiger partial charge in [0.25, 0.3) is 0 Å². The maximum absolute atomic E-state index is 5.76. The topological polar surface area (TPSA) is 51.0 Å². The Morgan fingerprint density at radius 1 is 1.37 bits per heavy atom. The van der Waals surface area contributed by atoms with Gasteiger partial charge in [-0.25, -0.2) is 0 Å². The van der Waals surface area contributed by atoms with E-state index in [1.807, 2.05) is 32.0 Å². The average Bonchev–Trinajstić information content (AvgIpc) is 2.88. The standard InChI is InChI=1S/C14H18BrN3O/c1-4-8-16-10(3)13-17-18-14(19-13)11-6-5-7-12(15)9(11)2/h5-7,10,16H,4,8H2,1-3H3. The van der Waals surface area contributed by atoms with Crippen LogP contribution in [0.5, 0.6) is 0 Å². The molecular weight excluding hydrogens is 306 g/mol. The van der Waals surface area contributed by atoms with E-state index in [-0.39, 0.29) is 6.04 Å². The molecule has 1 atom stereocenters. The van der Waals surface area contributed by atoms with Crippen LogP contribution in [0.15, 0.2) is 27.1 Å². The molecule has 1 N–H and O–H groups in total. The van der Waals surface area contributed by atoms with E-state index in [4.69, 9.17) is 4.42 Å². The highest BCUT2D eigenvalue weighted by Gasteiger charge is 2.16. The summed E-state index contributed by atoms with van der Waals surface area (Å²) in [6.45, 7) is 7.13. The number of benzene rings is 1. The second kappa shape index (κ2) is 6.30. The van der Waals surface area contributed by atoms with E-state index in [1.165, 1.54) is 0 Å². The van der Waals surface area contributed by atoms with Crippen LogP contribution in [-0.4, -0.2) is 16.7 Å². The quantitative estimate of drug-likeness (QED) is 0.907. The van der Waals surface area contributed by atoms with Crippen molar-refractivity contribution >= 4 is 15.9 Å². The van der Waals surface area contributed by atoms with Gasteiger partial charge in [-0.15, -0.1) is 10.2 Å². The third kappa shape index (κ3) is 3.22. The molecule has 4 nitrogen and oxygen atoms in total. The van der Waals surface area contributed by atoms with Crippen LogP contribution in [0.4, 0.5) is 0 Å². The van der Waals surface area contributed by atoms with Gasteiger partial charge in [-0.1, -0.05) is 28.9 Å². The van der Waals surface area contributed by atoms with Crippen molar-refractivity contribution in [3.63, 3.8) is 0 Å². The van der Waals surface area contributed by atoms with Crippen LogP contribution < -0.4 is 5.32 Å². The highest BCUT2D eigenvalue weighted by molar-refractivity contribution is 9.10. The smallest absolute Gasteiger partial charge is 0.248 e. The Kier molecular flexibility index (Phi) is 4.71. The molecule has 0 aliphatic rings. The molecule has 0 bridgehead atoms. The Labute approximate surface area is 121 Å². The minimum atomic E-state index is 0.0775. The second-order valence-electron chi connectivity index (χ2n) is 4.53. The van der Waals surface area contributed by atoms with Crippen LogP contribution in [-0.2, 0) is 0 Å². The van der Waals surface area contributed by atoms with Crippen LogP contribution in [0, 0.1) is 6.92 Å². The van der Waals surface area contributed by atoms with Gasteiger partial charge in [0, 0.05) is 10.0 Å². The van der Waals surface area contributed by atoms with E-state index in [1.54, 1.807) is 0 Å². The van der Waals surface area contributed by atoms with Crippen LogP contribution >= 0.6 is 15.9 Å². The predicted octanol–water partition coefficient (Wildman–Crippen LogP) is 3.87. The number of hydrogen-bond donors (Lipinski definition) is 1. The van der Waals surface area contributed by atoms with E-state index >= 15 is 0 Å². The summed E-state index contributed by atoms with van der Waals surface area (Å²) < 4.78 is 6.80. The Bertz CT molecular complexity index is 553. The predicted molar refractivity (Wildman–Crippen MR) is 78.9 cm³/mol. The summed E-state index contributed by atoms with van der Waals surface area (Å²) in [4.78, 5) is 0. The Morgan fingerprint density at radius 3 is 2.89 bits per heavy atom. The van der Waals surface area contributed by atoms with E-state index in [2.05, 4.69) is 38.4 Å². The third-order valence-electron chi connectivity index (χ3n) is 3.01. The fourth-order valence-corrected chi connectivity index (χ4v) is 2.17. The van der Waals surface area contributed by atoms with Crippen molar-refractivity contribution in [3.8, 4) is 11.5 Å². The molecule has 1 unspecified atom stereocenters.